The van der Waals surface area contributed by atoms with E-state index in [4.69, 9.17) is 0 Å². The van der Waals surface area contributed by atoms with Crippen LogP contribution in [-0.4, -0.2) is 6.29 Å². The number of carbonyl (C=O) groups is 1. The average Bonchev–Trinajstić information content (AvgIpc) is 2.47. The van der Waals surface area contributed by atoms with Crippen molar-refractivity contribution in [3.8, 4) is 0 Å². The maximum absolute atomic E-state index is 10.6. The summed E-state index contributed by atoms with van der Waals surface area (Å²) in [5.41, 5.74) is 0. The molecule has 3 atom stereocenters. The first-order chi connectivity index (χ1) is 5.42. The van der Waals surface area contributed by atoms with Crippen molar-refractivity contribution in [2.75, 3.05) is 0 Å². The monoisotopic (exact) mass is 150 g/mol. The Morgan fingerprint density at radius 1 is 1.18 bits per heavy atom. The average molecular weight is 150 g/mol. The molecule has 2 aliphatic carbocycles. The summed E-state index contributed by atoms with van der Waals surface area (Å²) < 4.78 is 0. The number of fused-ring (bicyclic) bond motifs is 1. The summed E-state index contributed by atoms with van der Waals surface area (Å²) in [6, 6.07) is 0. The Bertz CT molecular complexity index is 183. The molecule has 1 saturated carbocycles. The molecule has 0 aromatic carbocycles. The number of hydrogen-bond donors (Lipinski definition) is 0. The summed E-state index contributed by atoms with van der Waals surface area (Å²) in [7, 11) is 0. The highest BCUT2D eigenvalue weighted by molar-refractivity contribution is 5.55. The topological polar surface area (TPSA) is 17.1 Å². The van der Waals surface area contributed by atoms with Crippen LogP contribution in [0.3, 0.4) is 0 Å². The fourth-order valence-electron chi connectivity index (χ4n) is 2.54. The Hall–Kier alpha value is -0.590. The third kappa shape index (κ3) is 1.13. The fraction of sp³-hybridized carbons (Fsp3) is 0.700. The first kappa shape index (κ1) is 7.08. The quantitative estimate of drug-likeness (QED) is 0.413. The van der Waals surface area contributed by atoms with Gasteiger partial charge in [0, 0.05) is 5.92 Å². The molecule has 2 aliphatic rings. The maximum Gasteiger partial charge on any atom is 0.123 e. The van der Waals surface area contributed by atoms with E-state index in [-0.39, 0.29) is 0 Å². The predicted molar refractivity (Wildman–Crippen MR) is 44.1 cm³/mol. The van der Waals surface area contributed by atoms with Crippen molar-refractivity contribution in [3.05, 3.63) is 12.2 Å². The molecule has 1 fully saturated rings. The minimum atomic E-state index is 0.380. The molecule has 0 heterocycles. The highest BCUT2D eigenvalue weighted by Gasteiger charge is 2.35. The van der Waals surface area contributed by atoms with E-state index < -0.39 is 0 Å². The van der Waals surface area contributed by atoms with Crippen LogP contribution in [-0.2, 0) is 4.79 Å². The Morgan fingerprint density at radius 2 is 2.00 bits per heavy atom. The second kappa shape index (κ2) is 2.80. The van der Waals surface area contributed by atoms with Crippen molar-refractivity contribution in [1.29, 1.82) is 0 Å². The highest BCUT2D eigenvalue weighted by Crippen LogP contribution is 2.42. The second-order valence-electron chi connectivity index (χ2n) is 3.74. The number of hydrogen-bond acceptors (Lipinski definition) is 1. The minimum Gasteiger partial charge on any atom is -0.303 e. The molecule has 0 aliphatic heterocycles. The number of carbonyl (C=O) groups excluding carboxylic acids is 1. The van der Waals surface area contributed by atoms with Crippen molar-refractivity contribution >= 4 is 6.29 Å². The van der Waals surface area contributed by atoms with E-state index in [9.17, 15) is 4.79 Å². The van der Waals surface area contributed by atoms with Gasteiger partial charge in [-0.25, -0.2) is 0 Å². The molecule has 0 aromatic rings. The summed E-state index contributed by atoms with van der Waals surface area (Å²) in [6.45, 7) is 0. The van der Waals surface area contributed by atoms with Crippen LogP contribution in [0.4, 0.5) is 0 Å². The van der Waals surface area contributed by atoms with Gasteiger partial charge in [-0.2, -0.15) is 0 Å². The molecule has 0 spiro atoms. The summed E-state index contributed by atoms with van der Waals surface area (Å²) in [5, 5.41) is 0. The standard InChI is InChI=1S/C10H14O/c11-7-9-6-5-8-3-1-2-4-10(8)9/h1-2,7-10H,3-6H2. The maximum atomic E-state index is 10.6. The van der Waals surface area contributed by atoms with Gasteiger partial charge in [0.25, 0.3) is 0 Å². The Kier molecular flexibility index (Phi) is 1.80. The molecule has 0 radical (unpaired) electrons. The van der Waals surface area contributed by atoms with Crippen LogP contribution in [0.15, 0.2) is 12.2 Å². The highest BCUT2D eigenvalue weighted by atomic mass is 16.1. The van der Waals surface area contributed by atoms with Gasteiger partial charge >= 0.3 is 0 Å². The van der Waals surface area contributed by atoms with Crippen molar-refractivity contribution in [2.45, 2.75) is 25.7 Å². The summed E-state index contributed by atoms with van der Waals surface area (Å²) in [5.74, 6) is 1.90. The van der Waals surface area contributed by atoms with Crippen LogP contribution >= 0.6 is 0 Å². The van der Waals surface area contributed by atoms with Crippen LogP contribution in [0.5, 0.6) is 0 Å². The lowest BCUT2D eigenvalue weighted by Crippen LogP contribution is -2.17. The van der Waals surface area contributed by atoms with E-state index in [1.54, 1.807) is 0 Å². The van der Waals surface area contributed by atoms with E-state index in [0.717, 1.165) is 18.8 Å². The summed E-state index contributed by atoms with van der Waals surface area (Å²) in [6.07, 6.45) is 10.5. The molecule has 0 bridgehead atoms. The van der Waals surface area contributed by atoms with Gasteiger partial charge in [-0.15, -0.1) is 0 Å². The van der Waals surface area contributed by atoms with Gasteiger partial charge in [0.2, 0.25) is 0 Å². The van der Waals surface area contributed by atoms with Crippen molar-refractivity contribution in [1.82, 2.24) is 0 Å². The molecule has 11 heavy (non-hydrogen) atoms. The Labute approximate surface area is 67.5 Å². The number of rotatable bonds is 1. The molecule has 60 valence electrons. The number of aldehydes is 1. The van der Waals surface area contributed by atoms with Crippen LogP contribution < -0.4 is 0 Å². The van der Waals surface area contributed by atoms with Crippen molar-refractivity contribution in [2.24, 2.45) is 17.8 Å². The van der Waals surface area contributed by atoms with Crippen LogP contribution in [0, 0.1) is 17.8 Å². The molecular weight excluding hydrogens is 136 g/mol. The van der Waals surface area contributed by atoms with Gasteiger partial charge < -0.3 is 4.79 Å². The second-order valence-corrected chi connectivity index (χ2v) is 3.74. The van der Waals surface area contributed by atoms with Gasteiger partial charge in [0.15, 0.2) is 0 Å². The van der Waals surface area contributed by atoms with Gasteiger partial charge in [-0.05, 0) is 37.5 Å². The molecule has 0 aromatic heterocycles. The molecule has 1 nitrogen and oxygen atoms in total. The van der Waals surface area contributed by atoms with E-state index >= 15 is 0 Å². The third-order valence-corrected chi connectivity index (χ3v) is 3.21. The van der Waals surface area contributed by atoms with Crippen LogP contribution in [0.2, 0.25) is 0 Å². The first-order valence-electron chi connectivity index (χ1n) is 4.52. The molecule has 0 N–H and O–H groups in total. The van der Waals surface area contributed by atoms with Gasteiger partial charge in [0.1, 0.15) is 6.29 Å². The lowest BCUT2D eigenvalue weighted by atomic mass is 9.82. The predicted octanol–water partition coefficient (Wildman–Crippen LogP) is 2.18. The van der Waals surface area contributed by atoms with Crippen molar-refractivity contribution in [3.63, 3.8) is 0 Å². The van der Waals surface area contributed by atoms with E-state index in [0.29, 0.717) is 11.8 Å². The Morgan fingerprint density at radius 3 is 2.82 bits per heavy atom. The van der Waals surface area contributed by atoms with E-state index in [1.807, 2.05) is 0 Å². The van der Waals surface area contributed by atoms with Crippen LogP contribution in [0.1, 0.15) is 25.7 Å². The van der Waals surface area contributed by atoms with E-state index in [2.05, 4.69) is 12.2 Å². The SMILES string of the molecule is O=CC1CCC2CC=CCC12. The lowest BCUT2D eigenvalue weighted by molar-refractivity contribution is -0.112. The smallest absolute Gasteiger partial charge is 0.123 e. The minimum absolute atomic E-state index is 0.380. The third-order valence-electron chi connectivity index (χ3n) is 3.21. The van der Waals surface area contributed by atoms with Crippen LogP contribution in [0.25, 0.3) is 0 Å². The molecule has 0 saturated heterocycles. The summed E-state index contributed by atoms with van der Waals surface area (Å²) >= 11 is 0. The van der Waals surface area contributed by atoms with Gasteiger partial charge in [-0.1, -0.05) is 12.2 Å². The molecule has 0 amide bonds. The largest absolute Gasteiger partial charge is 0.303 e. The Balaban J connectivity index is 2.10. The molecule has 3 unspecified atom stereocenters. The zero-order valence-electron chi connectivity index (χ0n) is 6.70. The fourth-order valence-corrected chi connectivity index (χ4v) is 2.54. The van der Waals surface area contributed by atoms with E-state index in [1.165, 1.54) is 19.1 Å². The van der Waals surface area contributed by atoms with Gasteiger partial charge in [-0.3, -0.25) is 0 Å². The first-order valence-corrected chi connectivity index (χ1v) is 4.52. The molecule has 1 heteroatoms. The number of allylic oxidation sites excluding steroid dienone is 2. The van der Waals surface area contributed by atoms with Gasteiger partial charge in [0.05, 0.1) is 0 Å². The zero-order valence-corrected chi connectivity index (χ0v) is 6.70. The summed E-state index contributed by atoms with van der Waals surface area (Å²) in [4.78, 5) is 10.6. The zero-order chi connectivity index (χ0) is 7.68. The van der Waals surface area contributed by atoms with Crippen molar-refractivity contribution < 1.29 is 4.79 Å². The normalized spacial score (nSPS) is 42.0. The molecular formula is C10H14O. The molecule has 2 rings (SSSR count). The lowest BCUT2D eigenvalue weighted by Gasteiger charge is -2.22.